The Morgan fingerprint density at radius 2 is 2.00 bits per heavy atom. The zero-order valence-corrected chi connectivity index (χ0v) is 7.08. The molecule has 2 N–H and O–H groups in total. The molecule has 0 spiro atoms. The molecule has 0 aliphatic rings. The Hall–Kier alpha value is -0.835. The van der Waals surface area contributed by atoms with Gasteiger partial charge in [-0.1, -0.05) is 18.2 Å². The van der Waals surface area contributed by atoms with Crippen LogP contribution in [0.15, 0.2) is 29.0 Å². The fourth-order valence-corrected chi connectivity index (χ4v) is 2.07. The van der Waals surface area contributed by atoms with Gasteiger partial charge in [-0.25, -0.2) is 0 Å². The summed E-state index contributed by atoms with van der Waals surface area (Å²) in [7, 11) is -1.37. The summed E-state index contributed by atoms with van der Waals surface area (Å²) in [5.74, 6) is 0. The molecule has 1 heterocycles. The first-order valence-electron chi connectivity index (χ1n) is 3.60. The van der Waals surface area contributed by atoms with Gasteiger partial charge >= 0.3 is 7.12 Å². The van der Waals surface area contributed by atoms with E-state index in [9.17, 15) is 0 Å². The van der Waals surface area contributed by atoms with E-state index in [0.717, 1.165) is 10.8 Å². The third kappa shape index (κ3) is 1.14. The molecule has 0 saturated carbocycles. The second-order valence-electron chi connectivity index (χ2n) is 2.60. The molecule has 2 nitrogen and oxygen atoms in total. The van der Waals surface area contributed by atoms with Crippen LogP contribution < -0.4 is 5.46 Å². The van der Waals surface area contributed by atoms with E-state index in [1.165, 1.54) is 0 Å². The smallest absolute Gasteiger partial charge is 0.423 e. The molecule has 60 valence electrons. The average Bonchev–Trinajstić information content (AvgIpc) is 2.49. The monoisotopic (exact) mass is 178 g/mol. The Labute approximate surface area is 74.2 Å². The van der Waals surface area contributed by atoms with Crippen LogP contribution in [0.3, 0.4) is 0 Å². The Balaban J connectivity index is 2.73. The highest BCUT2D eigenvalue weighted by atomic mass is 32.1. The van der Waals surface area contributed by atoms with Gasteiger partial charge in [-0.2, -0.15) is 11.3 Å². The maximum atomic E-state index is 9.00. The zero-order chi connectivity index (χ0) is 8.55. The second-order valence-corrected chi connectivity index (χ2v) is 3.34. The summed E-state index contributed by atoms with van der Waals surface area (Å²) in [5.41, 5.74) is 0.578. The Morgan fingerprint density at radius 3 is 2.75 bits per heavy atom. The van der Waals surface area contributed by atoms with Gasteiger partial charge in [0.1, 0.15) is 0 Å². The van der Waals surface area contributed by atoms with Crippen LogP contribution in [0.4, 0.5) is 0 Å². The molecule has 0 aliphatic heterocycles. The lowest BCUT2D eigenvalue weighted by Crippen LogP contribution is -2.29. The van der Waals surface area contributed by atoms with Gasteiger partial charge in [0.05, 0.1) is 0 Å². The van der Waals surface area contributed by atoms with Crippen molar-refractivity contribution in [3.05, 3.63) is 29.0 Å². The van der Waals surface area contributed by atoms with Crippen LogP contribution >= 0.6 is 11.3 Å². The summed E-state index contributed by atoms with van der Waals surface area (Å²) >= 11 is 1.56. The lowest BCUT2D eigenvalue weighted by molar-refractivity contribution is 0.426. The van der Waals surface area contributed by atoms with Crippen molar-refractivity contribution in [1.29, 1.82) is 0 Å². The summed E-state index contributed by atoms with van der Waals surface area (Å²) < 4.78 is 0. The second kappa shape index (κ2) is 2.90. The lowest BCUT2D eigenvalue weighted by Gasteiger charge is -1.99. The minimum Gasteiger partial charge on any atom is -0.423 e. The molecule has 4 heteroatoms. The van der Waals surface area contributed by atoms with Gasteiger partial charge in [0.25, 0.3) is 0 Å². The normalized spacial score (nSPS) is 10.5. The van der Waals surface area contributed by atoms with E-state index >= 15 is 0 Å². The average molecular weight is 178 g/mol. The van der Waals surface area contributed by atoms with Crippen LogP contribution in [0.1, 0.15) is 0 Å². The van der Waals surface area contributed by atoms with Crippen molar-refractivity contribution >= 4 is 34.7 Å². The third-order valence-electron chi connectivity index (χ3n) is 1.83. The van der Waals surface area contributed by atoms with Gasteiger partial charge < -0.3 is 10.0 Å². The number of rotatable bonds is 1. The standard InChI is InChI=1S/C8H7BO2S/c10-9(11)8-3-1-2-6-4-12-5-7(6)8/h1-5,10-11H. The first-order chi connectivity index (χ1) is 5.79. The quantitative estimate of drug-likeness (QED) is 0.627. The SMILES string of the molecule is OB(O)c1cccc2cscc12. The van der Waals surface area contributed by atoms with Gasteiger partial charge in [-0.05, 0) is 27.0 Å². The molecule has 0 unspecified atom stereocenters. The van der Waals surface area contributed by atoms with E-state index in [-0.39, 0.29) is 0 Å². The highest BCUT2D eigenvalue weighted by molar-refractivity contribution is 7.09. The number of benzene rings is 1. The summed E-state index contributed by atoms with van der Waals surface area (Å²) in [5, 5.41) is 23.9. The zero-order valence-electron chi connectivity index (χ0n) is 6.27. The molecule has 0 bridgehead atoms. The predicted octanol–water partition coefficient (Wildman–Crippen LogP) is 0.581. The summed E-state index contributed by atoms with van der Waals surface area (Å²) in [4.78, 5) is 0. The summed E-state index contributed by atoms with van der Waals surface area (Å²) in [6.07, 6.45) is 0. The highest BCUT2D eigenvalue weighted by Gasteiger charge is 2.13. The molecule has 2 rings (SSSR count). The molecule has 0 radical (unpaired) electrons. The number of fused-ring (bicyclic) bond motifs is 1. The number of thiophene rings is 1. The summed E-state index contributed by atoms with van der Waals surface area (Å²) in [6, 6.07) is 5.50. The van der Waals surface area contributed by atoms with Gasteiger partial charge in [0.15, 0.2) is 0 Å². The van der Waals surface area contributed by atoms with Gasteiger partial charge in [-0.15, -0.1) is 0 Å². The van der Waals surface area contributed by atoms with Crippen LogP contribution in [0.5, 0.6) is 0 Å². The minimum absolute atomic E-state index is 0.578. The first-order valence-corrected chi connectivity index (χ1v) is 4.54. The lowest BCUT2D eigenvalue weighted by atomic mass is 9.78. The maximum Gasteiger partial charge on any atom is 0.489 e. The minimum atomic E-state index is -1.37. The molecule has 1 aromatic carbocycles. The predicted molar refractivity (Wildman–Crippen MR) is 51.7 cm³/mol. The molecule has 0 fully saturated rings. The molecule has 2 aromatic rings. The maximum absolute atomic E-state index is 9.00. The molecule has 1 aromatic heterocycles. The summed E-state index contributed by atoms with van der Waals surface area (Å²) in [6.45, 7) is 0. The molecule has 0 amide bonds. The Bertz CT molecular complexity index is 397. The van der Waals surface area contributed by atoms with Crippen LogP contribution in [0, 0.1) is 0 Å². The van der Waals surface area contributed by atoms with Gasteiger partial charge in [0, 0.05) is 0 Å². The van der Waals surface area contributed by atoms with Crippen LogP contribution in [0.25, 0.3) is 10.8 Å². The van der Waals surface area contributed by atoms with E-state index in [1.54, 1.807) is 17.4 Å². The van der Waals surface area contributed by atoms with Crippen molar-refractivity contribution in [3.8, 4) is 0 Å². The molecule has 0 saturated heterocycles. The van der Waals surface area contributed by atoms with Crippen molar-refractivity contribution in [2.45, 2.75) is 0 Å². The molecular formula is C8H7BO2S. The third-order valence-corrected chi connectivity index (χ3v) is 2.59. The first kappa shape index (κ1) is 7.80. The van der Waals surface area contributed by atoms with E-state index in [2.05, 4.69) is 0 Å². The highest BCUT2D eigenvalue weighted by Crippen LogP contribution is 2.16. The van der Waals surface area contributed by atoms with Crippen LogP contribution in [-0.2, 0) is 0 Å². The fourth-order valence-electron chi connectivity index (χ4n) is 1.24. The van der Waals surface area contributed by atoms with Crippen molar-refractivity contribution < 1.29 is 10.0 Å². The van der Waals surface area contributed by atoms with Crippen molar-refractivity contribution in [2.24, 2.45) is 0 Å². The van der Waals surface area contributed by atoms with Crippen LogP contribution in [0.2, 0.25) is 0 Å². The largest absolute Gasteiger partial charge is 0.489 e. The molecule has 0 atom stereocenters. The number of hydrogen-bond donors (Lipinski definition) is 2. The molecule has 12 heavy (non-hydrogen) atoms. The Kier molecular flexibility index (Phi) is 1.88. The van der Waals surface area contributed by atoms with E-state index in [0.29, 0.717) is 5.46 Å². The Morgan fingerprint density at radius 1 is 1.17 bits per heavy atom. The molecule has 0 aliphatic carbocycles. The van der Waals surface area contributed by atoms with Crippen LogP contribution in [-0.4, -0.2) is 17.2 Å². The van der Waals surface area contributed by atoms with E-state index in [4.69, 9.17) is 10.0 Å². The van der Waals surface area contributed by atoms with Crippen molar-refractivity contribution in [2.75, 3.05) is 0 Å². The van der Waals surface area contributed by atoms with Crippen molar-refractivity contribution in [3.63, 3.8) is 0 Å². The topological polar surface area (TPSA) is 40.5 Å². The fraction of sp³-hybridized carbons (Fsp3) is 0. The van der Waals surface area contributed by atoms with Gasteiger partial charge in [-0.3, -0.25) is 0 Å². The van der Waals surface area contributed by atoms with Gasteiger partial charge in [0.2, 0.25) is 0 Å². The molecular weight excluding hydrogens is 171 g/mol. The van der Waals surface area contributed by atoms with E-state index in [1.807, 2.05) is 22.9 Å². The van der Waals surface area contributed by atoms with E-state index < -0.39 is 7.12 Å². The number of hydrogen-bond acceptors (Lipinski definition) is 3. The van der Waals surface area contributed by atoms with Crippen molar-refractivity contribution in [1.82, 2.24) is 0 Å².